The molecule has 3 aliphatic heterocycles. The molecule has 0 saturated carbocycles. The van der Waals surface area contributed by atoms with E-state index in [1.165, 1.54) is 12.1 Å². The molecule has 0 aliphatic carbocycles. The second kappa shape index (κ2) is 8.15. The molecule has 1 amide bonds. The number of fused-ring (bicyclic) bond motifs is 2. The second-order valence-electron chi connectivity index (χ2n) is 8.87. The Kier molecular flexibility index (Phi) is 5.31. The lowest BCUT2D eigenvalue weighted by Crippen LogP contribution is -2.40. The van der Waals surface area contributed by atoms with Gasteiger partial charge in [-0.1, -0.05) is 18.2 Å². The zero-order valence-electron chi connectivity index (χ0n) is 18.0. The zero-order valence-corrected chi connectivity index (χ0v) is 18.0. The third-order valence-electron chi connectivity index (χ3n) is 6.58. The zero-order chi connectivity index (χ0) is 22.4. The highest BCUT2D eigenvalue weighted by atomic mass is 19.1. The number of likely N-dealkylation sites (tertiary alicyclic amines) is 1. The minimum Gasteiger partial charge on any atom is -0.487 e. The number of carbonyl (C=O) groups excluding carboxylic acids is 2. The lowest BCUT2D eigenvalue weighted by Gasteiger charge is -2.32. The molecule has 0 radical (unpaired) electrons. The van der Waals surface area contributed by atoms with Crippen molar-refractivity contribution >= 4 is 28.7 Å². The van der Waals surface area contributed by atoms with Crippen molar-refractivity contribution in [2.24, 2.45) is 11.7 Å². The first-order chi connectivity index (χ1) is 15.4. The van der Waals surface area contributed by atoms with Crippen LogP contribution in [0.25, 0.3) is 11.3 Å². The van der Waals surface area contributed by atoms with E-state index < -0.39 is 11.9 Å². The fourth-order valence-corrected chi connectivity index (χ4v) is 4.89. The number of nitrogens with two attached hydrogens (primary N) is 1. The lowest BCUT2D eigenvalue weighted by molar-refractivity contribution is -0.125. The van der Waals surface area contributed by atoms with Crippen molar-refractivity contribution in [1.82, 2.24) is 4.90 Å². The summed E-state index contributed by atoms with van der Waals surface area (Å²) in [4.78, 5) is 27.1. The van der Waals surface area contributed by atoms with Crippen LogP contribution in [0.2, 0.25) is 0 Å². The van der Waals surface area contributed by atoms with Crippen molar-refractivity contribution in [3.63, 3.8) is 0 Å². The van der Waals surface area contributed by atoms with Crippen molar-refractivity contribution in [3.8, 4) is 0 Å². The van der Waals surface area contributed by atoms with E-state index >= 15 is 0 Å². The van der Waals surface area contributed by atoms with E-state index in [1.807, 2.05) is 12.1 Å². The number of rotatable bonds is 4. The van der Waals surface area contributed by atoms with Gasteiger partial charge in [-0.15, -0.1) is 0 Å². The SMILES string of the molecule is CC(N)C(=O)C1CCN(Cc2ccc3c(c2)CO/C3=C2/C(=O)Nc3ccc(F)cc32)CC1. The predicted molar refractivity (Wildman–Crippen MR) is 120 cm³/mol. The first-order valence-corrected chi connectivity index (χ1v) is 11.0. The molecule has 2 aromatic rings. The highest BCUT2D eigenvalue weighted by Gasteiger charge is 2.33. The topological polar surface area (TPSA) is 84.7 Å². The molecular weight excluding hydrogens is 409 g/mol. The monoisotopic (exact) mass is 435 g/mol. The molecule has 3 heterocycles. The van der Waals surface area contributed by atoms with Crippen LogP contribution in [-0.4, -0.2) is 35.7 Å². The number of piperidine rings is 1. The smallest absolute Gasteiger partial charge is 0.260 e. The Bertz CT molecular complexity index is 1130. The van der Waals surface area contributed by atoms with Gasteiger partial charge in [-0.25, -0.2) is 4.39 Å². The summed E-state index contributed by atoms with van der Waals surface area (Å²) in [5.74, 6) is 0.0695. The van der Waals surface area contributed by atoms with Gasteiger partial charge >= 0.3 is 0 Å². The molecule has 1 atom stereocenters. The molecule has 166 valence electrons. The minimum absolute atomic E-state index is 0.0686. The second-order valence-corrected chi connectivity index (χ2v) is 8.87. The number of anilines is 1. The number of benzene rings is 2. The van der Waals surface area contributed by atoms with E-state index in [1.54, 1.807) is 13.0 Å². The van der Waals surface area contributed by atoms with Gasteiger partial charge in [-0.3, -0.25) is 14.5 Å². The molecule has 0 aromatic heterocycles. The van der Waals surface area contributed by atoms with Gasteiger partial charge in [0.25, 0.3) is 5.91 Å². The van der Waals surface area contributed by atoms with E-state index in [2.05, 4.69) is 16.3 Å². The van der Waals surface area contributed by atoms with Crippen LogP contribution >= 0.6 is 0 Å². The van der Waals surface area contributed by atoms with Crippen LogP contribution in [0.5, 0.6) is 0 Å². The fourth-order valence-electron chi connectivity index (χ4n) is 4.89. The third kappa shape index (κ3) is 3.72. The summed E-state index contributed by atoms with van der Waals surface area (Å²) >= 11 is 0. The summed E-state index contributed by atoms with van der Waals surface area (Å²) in [7, 11) is 0. The van der Waals surface area contributed by atoms with E-state index in [0.29, 0.717) is 29.2 Å². The fraction of sp³-hybridized carbons (Fsp3) is 0.360. The Balaban J connectivity index is 1.34. The Morgan fingerprint density at radius 2 is 2.00 bits per heavy atom. The van der Waals surface area contributed by atoms with Crippen molar-refractivity contribution in [3.05, 3.63) is 64.5 Å². The average molecular weight is 435 g/mol. The van der Waals surface area contributed by atoms with Gasteiger partial charge in [-0.05, 0) is 56.6 Å². The molecule has 1 saturated heterocycles. The normalized spacial score (nSPS) is 21.7. The van der Waals surface area contributed by atoms with Gasteiger partial charge < -0.3 is 15.8 Å². The van der Waals surface area contributed by atoms with E-state index in [0.717, 1.165) is 49.2 Å². The molecular formula is C25H26FN3O3. The maximum Gasteiger partial charge on any atom is 0.260 e. The number of hydrogen-bond donors (Lipinski definition) is 2. The molecule has 0 bridgehead atoms. The quantitative estimate of drug-likeness (QED) is 0.720. The highest BCUT2D eigenvalue weighted by molar-refractivity contribution is 6.36. The van der Waals surface area contributed by atoms with E-state index in [9.17, 15) is 14.0 Å². The summed E-state index contributed by atoms with van der Waals surface area (Å²) in [6.45, 7) is 4.68. The number of hydrogen-bond acceptors (Lipinski definition) is 5. The summed E-state index contributed by atoms with van der Waals surface area (Å²) < 4.78 is 19.7. The predicted octanol–water partition coefficient (Wildman–Crippen LogP) is 3.30. The van der Waals surface area contributed by atoms with Gasteiger partial charge in [0, 0.05) is 34.8 Å². The summed E-state index contributed by atoms with van der Waals surface area (Å²) in [5, 5.41) is 2.78. The van der Waals surface area contributed by atoms with Crippen LogP contribution in [0.1, 0.15) is 42.0 Å². The molecule has 5 rings (SSSR count). The van der Waals surface area contributed by atoms with E-state index in [-0.39, 0.29) is 17.6 Å². The number of nitrogens with one attached hydrogen (secondary N) is 1. The molecule has 3 N–H and O–H groups in total. The molecule has 3 aliphatic rings. The number of halogens is 1. The standard InChI is InChI=1S/C25H26FN3O3/c1-14(27)23(30)16-6-8-29(9-7-16)12-15-2-4-19-17(10-15)13-32-24(19)22-20-11-18(26)3-5-21(20)28-25(22)31/h2-5,10-11,14,16H,6-9,12-13,27H2,1H3,(H,28,31)/b24-22+. The number of amides is 1. The highest BCUT2D eigenvalue weighted by Crippen LogP contribution is 2.42. The van der Waals surface area contributed by atoms with Gasteiger partial charge in [0.2, 0.25) is 0 Å². The Hall–Kier alpha value is -3.03. The molecule has 7 heteroatoms. The summed E-state index contributed by atoms with van der Waals surface area (Å²) in [6, 6.07) is 10.0. The Morgan fingerprint density at radius 3 is 2.75 bits per heavy atom. The Labute approximate surface area is 186 Å². The maximum atomic E-state index is 13.8. The van der Waals surface area contributed by atoms with Crippen LogP contribution in [0.4, 0.5) is 10.1 Å². The molecule has 1 fully saturated rings. The first kappa shape index (κ1) is 20.8. The summed E-state index contributed by atoms with van der Waals surface area (Å²) in [5.41, 5.74) is 10.3. The van der Waals surface area contributed by atoms with Crippen LogP contribution in [-0.2, 0) is 27.5 Å². The molecule has 0 spiro atoms. The lowest BCUT2D eigenvalue weighted by atomic mass is 9.89. The van der Waals surface area contributed by atoms with Gasteiger partial charge in [-0.2, -0.15) is 0 Å². The van der Waals surface area contributed by atoms with Crippen molar-refractivity contribution in [2.75, 3.05) is 18.4 Å². The van der Waals surface area contributed by atoms with E-state index in [4.69, 9.17) is 10.5 Å². The minimum atomic E-state index is -0.392. The van der Waals surface area contributed by atoms with Crippen LogP contribution in [0.15, 0.2) is 36.4 Å². The van der Waals surface area contributed by atoms with Crippen LogP contribution in [0, 0.1) is 11.7 Å². The van der Waals surface area contributed by atoms with Crippen molar-refractivity contribution in [2.45, 2.75) is 39.0 Å². The number of ether oxygens (including phenoxy) is 1. The third-order valence-corrected chi connectivity index (χ3v) is 6.58. The van der Waals surface area contributed by atoms with Crippen molar-refractivity contribution < 1.29 is 18.7 Å². The molecule has 2 aromatic carbocycles. The number of Topliss-reactive ketones (excluding diaryl/α,β-unsaturated/α-hetero) is 1. The average Bonchev–Trinajstić information content (AvgIpc) is 3.32. The largest absolute Gasteiger partial charge is 0.487 e. The molecule has 32 heavy (non-hydrogen) atoms. The molecule has 1 unspecified atom stereocenters. The number of nitrogens with zero attached hydrogens (tertiary/aromatic N) is 1. The first-order valence-electron chi connectivity index (χ1n) is 11.0. The van der Waals surface area contributed by atoms with Gasteiger partial charge in [0.15, 0.2) is 5.78 Å². The van der Waals surface area contributed by atoms with Gasteiger partial charge in [0.05, 0.1) is 11.6 Å². The van der Waals surface area contributed by atoms with Crippen LogP contribution < -0.4 is 11.1 Å². The molecule has 6 nitrogen and oxygen atoms in total. The number of ketones is 1. The number of carbonyl (C=O) groups is 2. The maximum absolute atomic E-state index is 13.8. The Morgan fingerprint density at radius 1 is 1.22 bits per heavy atom. The summed E-state index contributed by atoms with van der Waals surface area (Å²) in [6.07, 6.45) is 1.69. The van der Waals surface area contributed by atoms with Gasteiger partial charge in [0.1, 0.15) is 18.2 Å². The van der Waals surface area contributed by atoms with Crippen molar-refractivity contribution in [1.29, 1.82) is 0 Å². The van der Waals surface area contributed by atoms with Crippen LogP contribution in [0.3, 0.4) is 0 Å².